The summed E-state index contributed by atoms with van der Waals surface area (Å²) in [7, 11) is 0. The zero-order chi connectivity index (χ0) is 18.4. The van der Waals surface area contributed by atoms with Crippen molar-refractivity contribution in [1.29, 1.82) is 0 Å². The molecule has 0 bridgehead atoms. The first-order valence-corrected chi connectivity index (χ1v) is 8.99. The number of carbonyl (C=O) groups excluding carboxylic acids is 1. The molecular formula is C21H15IN2O2. The van der Waals surface area contributed by atoms with E-state index in [0.717, 1.165) is 3.57 Å². The summed E-state index contributed by atoms with van der Waals surface area (Å²) < 4.78 is 1.07. The Balaban J connectivity index is 2.04. The van der Waals surface area contributed by atoms with Gasteiger partial charge in [-0.1, -0.05) is 60.7 Å². The van der Waals surface area contributed by atoms with Gasteiger partial charge in [-0.05, 0) is 46.9 Å². The van der Waals surface area contributed by atoms with E-state index < -0.39 is 0 Å². The number of aliphatic hydroxyl groups is 1. The molecule has 0 radical (unpaired) electrons. The predicted molar refractivity (Wildman–Crippen MR) is 110 cm³/mol. The second-order valence-electron chi connectivity index (χ2n) is 5.43. The van der Waals surface area contributed by atoms with Gasteiger partial charge in [0.25, 0.3) is 0 Å². The van der Waals surface area contributed by atoms with Crippen LogP contribution in [-0.4, -0.2) is 10.9 Å². The Kier molecular flexibility index (Phi) is 5.91. The standard InChI is InChI=1S/C21H15IN2O2/c22-17-11-13-18(14-12-17)23-24-19(20(25)15-7-3-1-4-8-15)21(26)16-9-5-2-6-10-16/h1-14,25H/b20-19-,24-23?. The van der Waals surface area contributed by atoms with Crippen molar-refractivity contribution in [2.45, 2.75) is 0 Å². The number of rotatable bonds is 5. The highest BCUT2D eigenvalue weighted by Crippen LogP contribution is 2.23. The fourth-order valence-corrected chi connectivity index (χ4v) is 2.63. The van der Waals surface area contributed by atoms with E-state index in [2.05, 4.69) is 32.8 Å². The van der Waals surface area contributed by atoms with E-state index in [1.165, 1.54) is 0 Å². The lowest BCUT2D eigenvalue weighted by Gasteiger charge is -2.06. The third kappa shape index (κ3) is 4.43. The number of azo groups is 1. The molecule has 0 amide bonds. The summed E-state index contributed by atoms with van der Waals surface area (Å²) in [5.41, 5.74) is 1.45. The highest BCUT2D eigenvalue weighted by molar-refractivity contribution is 14.1. The molecular weight excluding hydrogens is 439 g/mol. The summed E-state index contributed by atoms with van der Waals surface area (Å²) in [4.78, 5) is 12.9. The molecule has 0 unspecified atom stereocenters. The van der Waals surface area contributed by atoms with Crippen molar-refractivity contribution in [3.05, 3.63) is 105 Å². The molecule has 3 rings (SSSR count). The number of halogens is 1. The number of ketones is 1. The molecule has 0 spiro atoms. The van der Waals surface area contributed by atoms with Crippen molar-refractivity contribution >= 4 is 39.8 Å². The van der Waals surface area contributed by atoms with Gasteiger partial charge in [-0.15, -0.1) is 5.11 Å². The second kappa shape index (κ2) is 8.53. The van der Waals surface area contributed by atoms with Gasteiger partial charge < -0.3 is 5.11 Å². The van der Waals surface area contributed by atoms with E-state index in [1.807, 2.05) is 24.3 Å². The maximum absolute atomic E-state index is 12.9. The average Bonchev–Trinajstić information content (AvgIpc) is 2.70. The number of allylic oxidation sites excluding steroid dienone is 1. The summed E-state index contributed by atoms with van der Waals surface area (Å²) >= 11 is 2.20. The van der Waals surface area contributed by atoms with E-state index >= 15 is 0 Å². The molecule has 1 N–H and O–H groups in total. The molecule has 0 aromatic heterocycles. The Morgan fingerprint density at radius 1 is 0.769 bits per heavy atom. The summed E-state index contributed by atoms with van der Waals surface area (Å²) in [6, 6.07) is 24.9. The fourth-order valence-electron chi connectivity index (χ4n) is 2.27. The first kappa shape index (κ1) is 18.0. The van der Waals surface area contributed by atoms with Gasteiger partial charge in [0.05, 0.1) is 5.69 Å². The number of hydrogen-bond acceptors (Lipinski definition) is 4. The molecule has 0 aliphatic carbocycles. The van der Waals surface area contributed by atoms with E-state index in [-0.39, 0.29) is 17.2 Å². The van der Waals surface area contributed by atoms with Gasteiger partial charge in [0, 0.05) is 14.7 Å². The zero-order valence-electron chi connectivity index (χ0n) is 13.7. The maximum atomic E-state index is 12.9. The molecule has 0 aliphatic heterocycles. The lowest BCUT2D eigenvalue weighted by Crippen LogP contribution is -2.04. The SMILES string of the molecule is O=C(/C(N=Nc1ccc(I)cc1)=C(/O)c1ccccc1)c1ccccc1. The van der Waals surface area contributed by atoms with Crippen LogP contribution in [0.3, 0.4) is 0 Å². The van der Waals surface area contributed by atoms with Crippen molar-refractivity contribution in [2.75, 3.05) is 0 Å². The van der Waals surface area contributed by atoms with Gasteiger partial charge in [0.2, 0.25) is 5.78 Å². The highest BCUT2D eigenvalue weighted by atomic mass is 127. The summed E-state index contributed by atoms with van der Waals surface area (Å²) in [5, 5.41) is 18.8. The van der Waals surface area contributed by atoms with E-state index in [0.29, 0.717) is 16.8 Å². The van der Waals surface area contributed by atoms with Crippen LogP contribution in [-0.2, 0) is 0 Å². The van der Waals surface area contributed by atoms with E-state index in [4.69, 9.17) is 0 Å². The topological polar surface area (TPSA) is 62.0 Å². The average molecular weight is 454 g/mol. The first-order chi connectivity index (χ1) is 12.6. The lowest BCUT2D eigenvalue weighted by molar-refractivity contribution is 0.103. The number of carbonyl (C=O) groups is 1. The van der Waals surface area contributed by atoms with Crippen LogP contribution in [0, 0.1) is 3.57 Å². The molecule has 5 heteroatoms. The lowest BCUT2D eigenvalue weighted by atomic mass is 10.1. The van der Waals surface area contributed by atoms with Crippen LogP contribution in [0.15, 0.2) is 101 Å². The van der Waals surface area contributed by atoms with Crippen molar-refractivity contribution in [2.24, 2.45) is 10.2 Å². The van der Waals surface area contributed by atoms with Crippen LogP contribution >= 0.6 is 22.6 Å². The molecule has 4 nitrogen and oxygen atoms in total. The van der Waals surface area contributed by atoms with Crippen LogP contribution in [0.1, 0.15) is 15.9 Å². The van der Waals surface area contributed by atoms with Crippen LogP contribution in [0.2, 0.25) is 0 Å². The van der Waals surface area contributed by atoms with Crippen LogP contribution in [0.4, 0.5) is 5.69 Å². The van der Waals surface area contributed by atoms with Gasteiger partial charge in [-0.3, -0.25) is 4.79 Å². The Hall–Kier alpha value is -2.80. The molecule has 3 aromatic rings. The number of nitrogens with zero attached hydrogens (tertiary/aromatic N) is 2. The smallest absolute Gasteiger partial charge is 0.217 e. The summed E-state index contributed by atoms with van der Waals surface area (Å²) in [5.74, 6) is -0.588. The number of aliphatic hydroxyl groups excluding tert-OH is 1. The number of Topliss-reactive ketones (excluding diaryl/α,β-unsaturated/α-hetero) is 1. The molecule has 0 saturated heterocycles. The first-order valence-electron chi connectivity index (χ1n) is 7.91. The number of benzene rings is 3. The van der Waals surface area contributed by atoms with Gasteiger partial charge in [0.15, 0.2) is 11.5 Å². The minimum Gasteiger partial charge on any atom is -0.505 e. The van der Waals surface area contributed by atoms with Crippen LogP contribution in [0.25, 0.3) is 5.76 Å². The van der Waals surface area contributed by atoms with Crippen molar-refractivity contribution < 1.29 is 9.90 Å². The summed E-state index contributed by atoms with van der Waals surface area (Å²) in [6.45, 7) is 0. The molecule has 26 heavy (non-hydrogen) atoms. The fraction of sp³-hybridized carbons (Fsp3) is 0. The van der Waals surface area contributed by atoms with E-state index in [1.54, 1.807) is 60.7 Å². The van der Waals surface area contributed by atoms with Gasteiger partial charge in [0.1, 0.15) is 0 Å². The molecule has 0 aliphatic rings. The molecule has 0 saturated carbocycles. The molecule has 0 fully saturated rings. The predicted octanol–water partition coefficient (Wildman–Crippen LogP) is 6.18. The van der Waals surface area contributed by atoms with Gasteiger partial charge in [-0.2, -0.15) is 5.11 Å². The van der Waals surface area contributed by atoms with Crippen molar-refractivity contribution in [1.82, 2.24) is 0 Å². The second-order valence-corrected chi connectivity index (χ2v) is 6.68. The number of hydrogen-bond donors (Lipinski definition) is 1. The molecule has 128 valence electrons. The monoisotopic (exact) mass is 454 g/mol. The Morgan fingerprint density at radius 3 is 1.88 bits per heavy atom. The maximum Gasteiger partial charge on any atom is 0.217 e. The quantitative estimate of drug-likeness (QED) is 0.164. The molecule has 0 atom stereocenters. The van der Waals surface area contributed by atoms with E-state index in [9.17, 15) is 9.90 Å². The van der Waals surface area contributed by atoms with Crippen molar-refractivity contribution in [3.63, 3.8) is 0 Å². The zero-order valence-corrected chi connectivity index (χ0v) is 15.9. The van der Waals surface area contributed by atoms with Gasteiger partial charge >= 0.3 is 0 Å². The largest absolute Gasteiger partial charge is 0.505 e. The van der Waals surface area contributed by atoms with Crippen molar-refractivity contribution in [3.8, 4) is 0 Å². The summed E-state index contributed by atoms with van der Waals surface area (Å²) in [6.07, 6.45) is 0. The van der Waals surface area contributed by atoms with Crippen LogP contribution in [0.5, 0.6) is 0 Å². The Labute approximate surface area is 165 Å². The Bertz CT molecular complexity index is 950. The van der Waals surface area contributed by atoms with Crippen LogP contribution < -0.4 is 0 Å². The minimum atomic E-state index is -0.388. The minimum absolute atomic E-state index is 0.0963. The van der Waals surface area contributed by atoms with Gasteiger partial charge in [-0.25, -0.2) is 0 Å². The Morgan fingerprint density at radius 2 is 1.31 bits per heavy atom. The third-order valence-corrected chi connectivity index (χ3v) is 4.33. The highest BCUT2D eigenvalue weighted by Gasteiger charge is 2.18. The molecule has 0 heterocycles. The molecule has 3 aromatic carbocycles. The normalized spacial score (nSPS) is 12.0. The third-order valence-electron chi connectivity index (χ3n) is 3.61.